The van der Waals surface area contributed by atoms with Gasteiger partial charge in [0, 0.05) is 29.3 Å². The number of fused-ring (bicyclic) bond motifs is 4. The van der Waals surface area contributed by atoms with Gasteiger partial charge in [-0.25, -0.2) is 9.78 Å². The highest BCUT2D eigenvalue weighted by Crippen LogP contribution is 2.52. The lowest BCUT2D eigenvalue weighted by atomic mass is 9.93. The summed E-state index contributed by atoms with van der Waals surface area (Å²) < 4.78 is 81.9. The Morgan fingerprint density at radius 2 is 1.60 bits per heavy atom. The van der Waals surface area contributed by atoms with E-state index in [0.717, 1.165) is 45.9 Å². The summed E-state index contributed by atoms with van der Waals surface area (Å²) in [6.07, 6.45) is -1.07. The number of benzene rings is 5. The number of halogens is 3. The topological polar surface area (TPSA) is 117 Å². The fourth-order valence-electron chi connectivity index (χ4n) is 7.21. The lowest BCUT2D eigenvalue weighted by Gasteiger charge is -2.30. The minimum atomic E-state index is -5.01. The smallest absolute Gasteiger partial charge is 0.478 e. The predicted octanol–water partition coefficient (Wildman–Crippen LogP) is 9.53. The molecule has 1 aromatic heterocycles. The van der Waals surface area contributed by atoms with E-state index < -0.39 is 33.1 Å². The van der Waals surface area contributed by atoms with E-state index in [4.69, 9.17) is 4.98 Å². The van der Waals surface area contributed by atoms with Gasteiger partial charge in [-0.15, -0.1) is 13.2 Å². The minimum absolute atomic E-state index is 0.00209. The Morgan fingerprint density at radius 1 is 0.904 bits per heavy atom. The molecule has 8 rings (SSSR count). The summed E-state index contributed by atoms with van der Waals surface area (Å²) in [6.45, 7) is -0.0439. The Balaban J connectivity index is 1.43. The number of rotatable bonds is 9. The fraction of sp³-hybridized carbons (Fsp3) is 0.150. The maximum Gasteiger partial charge on any atom is 0.573 e. The van der Waals surface area contributed by atoms with Gasteiger partial charge in [0.2, 0.25) is 0 Å². The molecular formula is C40H29F3N2O6S. The zero-order valence-corrected chi connectivity index (χ0v) is 28.1. The number of carbonyl (C=O) groups is 1. The molecule has 0 unspecified atom stereocenters. The van der Waals surface area contributed by atoms with Crippen molar-refractivity contribution in [3.63, 3.8) is 0 Å². The van der Waals surface area contributed by atoms with Crippen LogP contribution in [-0.4, -0.2) is 35.4 Å². The van der Waals surface area contributed by atoms with E-state index in [0.29, 0.717) is 28.9 Å². The van der Waals surface area contributed by atoms with Gasteiger partial charge in [0.1, 0.15) is 16.5 Å². The van der Waals surface area contributed by atoms with Crippen molar-refractivity contribution in [1.82, 2.24) is 4.98 Å². The van der Waals surface area contributed by atoms with Crippen LogP contribution in [0.25, 0.3) is 33.0 Å². The lowest BCUT2D eigenvalue weighted by molar-refractivity contribution is -0.274. The number of hydrogen-bond donors (Lipinski definition) is 2. The number of anilines is 2. The van der Waals surface area contributed by atoms with Crippen LogP contribution in [0.4, 0.5) is 24.7 Å². The average molecular weight is 723 g/mol. The van der Waals surface area contributed by atoms with Crippen molar-refractivity contribution in [3.05, 3.63) is 137 Å². The average Bonchev–Trinajstić information content (AvgIpc) is 3.89. The van der Waals surface area contributed by atoms with E-state index in [1.165, 1.54) is 48.5 Å². The van der Waals surface area contributed by atoms with E-state index in [1.54, 1.807) is 17.2 Å². The number of nitrogens with zero attached hydrogens (tertiary/aromatic N) is 2. The summed E-state index contributed by atoms with van der Waals surface area (Å²) >= 11 is 0. The number of pyridine rings is 1. The number of aromatic nitrogens is 1. The molecule has 8 nitrogen and oxygen atoms in total. The number of carboxylic acids is 1. The molecule has 0 amide bonds. The van der Waals surface area contributed by atoms with Crippen LogP contribution in [-0.2, 0) is 23.1 Å². The zero-order chi connectivity index (χ0) is 36.4. The third-order valence-corrected chi connectivity index (χ3v) is 10.5. The van der Waals surface area contributed by atoms with Crippen molar-refractivity contribution < 1.29 is 40.8 Å². The fourth-order valence-corrected chi connectivity index (χ4v) is 8.14. The van der Waals surface area contributed by atoms with E-state index >= 15 is 0 Å². The Kier molecular flexibility index (Phi) is 8.03. The molecule has 0 spiro atoms. The van der Waals surface area contributed by atoms with Gasteiger partial charge in [0.15, 0.2) is 0 Å². The molecule has 2 aliphatic carbocycles. The van der Waals surface area contributed by atoms with Gasteiger partial charge in [0.05, 0.1) is 11.3 Å². The van der Waals surface area contributed by atoms with Gasteiger partial charge in [-0.05, 0) is 94.3 Å². The first-order valence-corrected chi connectivity index (χ1v) is 17.9. The van der Waals surface area contributed by atoms with Crippen LogP contribution in [0.1, 0.15) is 51.4 Å². The van der Waals surface area contributed by atoms with Gasteiger partial charge >= 0.3 is 12.3 Å². The molecule has 5 aromatic carbocycles. The van der Waals surface area contributed by atoms with Gasteiger partial charge < -0.3 is 14.7 Å². The number of alkyl halides is 3. The summed E-state index contributed by atoms with van der Waals surface area (Å²) in [5.41, 5.74) is 5.29. The van der Waals surface area contributed by atoms with Crippen LogP contribution in [0.5, 0.6) is 5.75 Å². The maximum atomic E-state index is 13.8. The van der Waals surface area contributed by atoms with Crippen LogP contribution in [0.3, 0.4) is 0 Å². The first-order chi connectivity index (χ1) is 24.9. The number of carboxylic acid groups (broad SMARTS) is 1. The van der Waals surface area contributed by atoms with Crippen molar-refractivity contribution >= 4 is 38.4 Å². The SMILES string of the molecule is O=C(O)c1ccc(-c2c3c(cc(N(Cc4ccc(OC(F)(F)F)cc4)c4ncc5ccccc5c4C4CC4)c2S(=O)(=O)O)-c2ccccc2C3)cc1. The van der Waals surface area contributed by atoms with Gasteiger partial charge in [0.25, 0.3) is 10.1 Å². The highest BCUT2D eigenvalue weighted by atomic mass is 32.2. The van der Waals surface area contributed by atoms with E-state index in [1.807, 2.05) is 48.5 Å². The second-order valence-corrected chi connectivity index (χ2v) is 14.3. The van der Waals surface area contributed by atoms with Crippen LogP contribution in [0, 0.1) is 0 Å². The van der Waals surface area contributed by atoms with E-state index in [-0.39, 0.29) is 29.3 Å². The van der Waals surface area contributed by atoms with Crippen molar-refractivity contribution in [2.24, 2.45) is 0 Å². The molecule has 0 saturated heterocycles. The Bertz CT molecular complexity index is 2500. The molecule has 2 N–H and O–H groups in total. The van der Waals surface area contributed by atoms with E-state index in [9.17, 15) is 36.0 Å². The number of ether oxygens (including phenoxy) is 1. The molecule has 262 valence electrons. The van der Waals surface area contributed by atoms with Crippen molar-refractivity contribution in [2.75, 3.05) is 4.90 Å². The molecule has 0 radical (unpaired) electrons. The Labute approximate surface area is 296 Å². The van der Waals surface area contributed by atoms with Crippen LogP contribution >= 0.6 is 0 Å². The Hall–Kier alpha value is -5.72. The molecule has 0 bridgehead atoms. The third-order valence-electron chi connectivity index (χ3n) is 9.57. The minimum Gasteiger partial charge on any atom is -0.478 e. The van der Waals surface area contributed by atoms with Crippen LogP contribution < -0.4 is 9.64 Å². The second-order valence-electron chi connectivity index (χ2n) is 13.0. The van der Waals surface area contributed by atoms with Gasteiger partial charge in [-0.3, -0.25) is 4.55 Å². The highest BCUT2D eigenvalue weighted by molar-refractivity contribution is 7.86. The molecule has 1 heterocycles. The van der Waals surface area contributed by atoms with Crippen LogP contribution in [0.15, 0.2) is 114 Å². The van der Waals surface area contributed by atoms with Gasteiger partial charge in [-0.2, -0.15) is 8.42 Å². The normalized spacial score (nSPS) is 13.8. The molecule has 1 fully saturated rings. The van der Waals surface area contributed by atoms with Crippen molar-refractivity contribution in [2.45, 2.75) is 43.0 Å². The molecular weight excluding hydrogens is 694 g/mol. The summed E-state index contributed by atoms with van der Waals surface area (Å²) in [6, 6.07) is 28.2. The van der Waals surface area contributed by atoms with E-state index in [2.05, 4.69) is 4.74 Å². The summed E-state index contributed by atoms with van der Waals surface area (Å²) in [4.78, 5) is 18.0. The first-order valence-electron chi connectivity index (χ1n) is 16.4. The lowest BCUT2D eigenvalue weighted by Crippen LogP contribution is -2.23. The molecule has 0 aliphatic heterocycles. The molecule has 2 aliphatic rings. The summed E-state index contributed by atoms with van der Waals surface area (Å²) in [5.74, 6) is -1.00. The largest absolute Gasteiger partial charge is 0.573 e. The molecule has 12 heteroatoms. The van der Waals surface area contributed by atoms with Crippen molar-refractivity contribution in [3.8, 4) is 28.0 Å². The number of hydrogen-bond acceptors (Lipinski definition) is 6. The third kappa shape index (κ3) is 6.24. The monoisotopic (exact) mass is 722 g/mol. The highest BCUT2D eigenvalue weighted by Gasteiger charge is 2.37. The maximum absolute atomic E-state index is 13.8. The molecule has 0 atom stereocenters. The van der Waals surface area contributed by atoms with Crippen LogP contribution in [0.2, 0.25) is 0 Å². The second kappa shape index (κ2) is 12.5. The molecule has 6 aromatic rings. The number of aromatic carboxylic acids is 1. The summed E-state index contributed by atoms with van der Waals surface area (Å²) in [7, 11) is -5.01. The van der Waals surface area contributed by atoms with Crippen molar-refractivity contribution in [1.29, 1.82) is 0 Å². The Morgan fingerprint density at radius 3 is 2.27 bits per heavy atom. The first kappa shape index (κ1) is 33.4. The predicted molar refractivity (Wildman–Crippen MR) is 190 cm³/mol. The zero-order valence-electron chi connectivity index (χ0n) is 27.3. The standard InChI is InChI=1S/C40H29F3N2O6S/c41-40(42,43)51-29-17-9-23(10-18-29)22-45(38-36(25-11-12-25)31-8-4-2-6-28(31)21-44-38)34-20-32-30-7-3-1-5-27(30)19-33(32)35(37(34)52(48,49)50)24-13-15-26(16-14-24)39(46)47/h1-10,13-18,20-21,25H,11-12,19,22H2,(H,46,47)(H,48,49,50). The summed E-state index contributed by atoms with van der Waals surface area (Å²) in [5, 5.41) is 11.4. The quantitative estimate of drug-likeness (QED) is 0.142. The molecule has 1 saturated carbocycles. The van der Waals surface area contributed by atoms with Gasteiger partial charge in [-0.1, -0.05) is 72.8 Å². The molecule has 52 heavy (non-hydrogen) atoms.